The van der Waals surface area contributed by atoms with Gasteiger partial charge in [0, 0.05) is 46.9 Å². The van der Waals surface area contributed by atoms with Crippen LogP contribution in [-0.2, 0) is 17.4 Å². The molecule has 4 aromatic rings. The Bertz CT molecular complexity index is 1810. The molecule has 1 fully saturated rings. The summed E-state index contributed by atoms with van der Waals surface area (Å²) >= 11 is 6.49. The highest BCUT2D eigenvalue weighted by Crippen LogP contribution is 2.42. The van der Waals surface area contributed by atoms with E-state index in [0.29, 0.717) is 46.0 Å². The fraction of sp³-hybridized carbons (Fsp3) is 0.226. The molecule has 2 aliphatic rings. The number of hydrogen-bond acceptors (Lipinski definition) is 4. The molecular formula is C31H22ClF5N4O2. The number of nitrogens with zero attached hydrogens (tertiary/aromatic N) is 2. The number of alkyl halides is 3. The van der Waals surface area contributed by atoms with Crippen molar-refractivity contribution in [1.29, 1.82) is 0 Å². The summed E-state index contributed by atoms with van der Waals surface area (Å²) in [5, 5.41) is 10.3. The summed E-state index contributed by atoms with van der Waals surface area (Å²) in [6.45, 7) is 0.0702. The monoisotopic (exact) mass is 612 g/mol. The normalized spacial score (nSPS) is 16.6. The molecule has 1 atom stereocenters. The lowest BCUT2D eigenvalue weighted by Crippen LogP contribution is -2.22. The van der Waals surface area contributed by atoms with Crippen LogP contribution in [0.4, 0.5) is 27.6 Å². The molecule has 0 saturated heterocycles. The summed E-state index contributed by atoms with van der Waals surface area (Å²) in [4.78, 5) is 25.2. The van der Waals surface area contributed by atoms with Gasteiger partial charge in [0.2, 0.25) is 0 Å². The van der Waals surface area contributed by atoms with E-state index in [4.69, 9.17) is 11.6 Å². The second kappa shape index (κ2) is 11.0. The maximum atomic E-state index is 14.4. The third-order valence-corrected chi connectivity index (χ3v) is 7.89. The largest absolute Gasteiger partial charge is 0.416 e. The quantitative estimate of drug-likeness (QED) is 0.187. The van der Waals surface area contributed by atoms with Gasteiger partial charge in [0.25, 0.3) is 5.91 Å². The van der Waals surface area contributed by atoms with Crippen molar-refractivity contribution in [2.45, 2.75) is 37.4 Å². The Morgan fingerprint density at radius 2 is 1.84 bits per heavy atom. The van der Waals surface area contributed by atoms with Crippen LogP contribution in [0.25, 0.3) is 11.1 Å². The fourth-order valence-corrected chi connectivity index (χ4v) is 5.59. The molecule has 0 radical (unpaired) electrons. The van der Waals surface area contributed by atoms with Gasteiger partial charge in [0.05, 0.1) is 17.8 Å². The van der Waals surface area contributed by atoms with E-state index in [1.165, 1.54) is 18.2 Å². The number of nitrogens with one attached hydrogen (secondary N) is 2. The van der Waals surface area contributed by atoms with Crippen LogP contribution in [0.15, 0.2) is 66.6 Å². The molecule has 3 aromatic carbocycles. The molecule has 220 valence electrons. The Morgan fingerprint density at radius 3 is 2.56 bits per heavy atom. The summed E-state index contributed by atoms with van der Waals surface area (Å²) in [5.74, 6) is -1.62. The molecular weight excluding hydrogens is 591 g/mol. The number of fused-ring (bicyclic) bond motifs is 1. The van der Waals surface area contributed by atoms with Crippen LogP contribution in [0.5, 0.6) is 0 Å². The zero-order valence-electron chi connectivity index (χ0n) is 22.2. The number of halogens is 6. The van der Waals surface area contributed by atoms with E-state index in [1.807, 2.05) is 22.9 Å². The van der Waals surface area contributed by atoms with Gasteiger partial charge >= 0.3 is 6.18 Å². The van der Waals surface area contributed by atoms with Crippen LogP contribution in [0.1, 0.15) is 57.4 Å². The van der Waals surface area contributed by atoms with Crippen LogP contribution >= 0.6 is 11.6 Å². The summed E-state index contributed by atoms with van der Waals surface area (Å²) in [6, 6.07) is 9.14. The van der Waals surface area contributed by atoms with Crippen molar-refractivity contribution in [1.82, 2.24) is 15.1 Å². The van der Waals surface area contributed by atoms with Crippen molar-refractivity contribution in [3.05, 3.63) is 111 Å². The Balaban J connectivity index is 1.53. The number of anilines is 1. The topological polar surface area (TPSA) is 76.0 Å². The average Bonchev–Trinajstić information content (AvgIpc) is 3.73. The molecule has 0 spiro atoms. The Labute approximate surface area is 247 Å². The molecule has 1 aliphatic heterocycles. The number of hydrogen-bond donors (Lipinski definition) is 2. The molecule has 12 heteroatoms. The maximum absolute atomic E-state index is 14.4. The summed E-state index contributed by atoms with van der Waals surface area (Å²) in [7, 11) is 0. The molecule has 2 N–H and O–H groups in total. The Morgan fingerprint density at radius 1 is 1.05 bits per heavy atom. The smallest absolute Gasteiger partial charge is 0.378 e. The first-order chi connectivity index (χ1) is 20.5. The van der Waals surface area contributed by atoms with E-state index in [2.05, 4.69) is 15.7 Å². The average molecular weight is 613 g/mol. The van der Waals surface area contributed by atoms with Gasteiger partial charge in [-0.1, -0.05) is 17.7 Å². The predicted molar refractivity (Wildman–Crippen MR) is 149 cm³/mol. The zero-order chi connectivity index (χ0) is 30.5. The van der Waals surface area contributed by atoms with Crippen molar-refractivity contribution >= 4 is 29.1 Å². The highest BCUT2D eigenvalue weighted by atomic mass is 35.5. The van der Waals surface area contributed by atoms with Crippen LogP contribution in [0.2, 0.25) is 5.02 Å². The lowest BCUT2D eigenvalue weighted by atomic mass is 9.85. The maximum Gasteiger partial charge on any atom is 0.416 e. The third-order valence-electron chi connectivity index (χ3n) is 7.55. The van der Waals surface area contributed by atoms with Gasteiger partial charge in [-0.05, 0) is 77.6 Å². The molecule has 43 heavy (non-hydrogen) atoms. The molecule has 6 rings (SSSR count). The van der Waals surface area contributed by atoms with Crippen molar-refractivity contribution in [2.24, 2.45) is 0 Å². The lowest BCUT2D eigenvalue weighted by molar-refractivity contribution is -0.137. The highest BCUT2D eigenvalue weighted by Gasteiger charge is 2.33. The van der Waals surface area contributed by atoms with Gasteiger partial charge in [-0.2, -0.15) is 18.3 Å². The van der Waals surface area contributed by atoms with Crippen LogP contribution < -0.4 is 10.6 Å². The number of amides is 1. The minimum Gasteiger partial charge on any atom is -0.378 e. The second-order valence-electron chi connectivity index (χ2n) is 10.6. The predicted octanol–water partition coefficient (Wildman–Crippen LogP) is 7.08. The van der Waals surface area contributed by atoms with Gasteiger partial charge in [0.1, 0.15) is 23.3 Å². The van der Waals surface area contributed by atoms with E-state index < -0.39 is 40.8 Å². The summed E-state index contributed by atoms with van der Waals surface area (Å²) in [6.07, 6.45) is 0.677. The van der Waals surface area contributed by atoms with Crippen molar-refractivity contribution < 1.29 is 31.5 Å². The molecule has 1 saturated carbocycles. The number of aromatic nitrogens is 2. The van der Waals surface area contributed by atoms with Crippen molar-refractivity contribution in [2.75, 3.05) is 11.9 Å². The first-order valence-electron chi connectivity index (χ1n) is 13.3. The number of benzene rings is 3. The zero-order valence-corrected chi connectivity index (χ0v) is 23.0. The molecule has 1 aliphatic carbocycles. The van der Waals surface area contributed by atoms with Crippen LogP contribution in [0, 0.1) is 11.6 Å². The summed E-state index contributed by atoms with van der Waals surface area (Å²) in [5.41, 5.74) is 1.21. The molecule has 2 heterocycles. The van der Waals surface area contributed by atoms with Gasteiger partial charge in [-0.25, -0.2) is 13.6 Å². The molecule has 0 bridgehead atoms. The highest BCUT2D eigenvalue weighted by molar-refractivity contribution is 6.31. The van der Waals surface area contributed by atoms with E-state index in [-0.39, 0.29) is 35.4 Å². The second-order valence-corrected chi connectivity index (χ2v) is 11.0. The molecule has 1 unspecified atom stereocenters. The van der Waals surface area contributed by atoms with Gasteiger partial charge in [-0.15, -0.1) is 0 Å². The Hall–Kier alpha value is -4.47. The van der Waals surface area contributed by atoms with Gasteiger partial charge < -0.3 is 10.6 Å². The van der Waals surface area contributed by atoms with E-state index in [1.54, 1.807) is 12.3 Å². The van der Waals surface area contributed by atoms with E-state index >= 15 is 0 Å². The van der Waals surface area contributed by atoms with Crippen LogP contribution in [0.3, 0.4) is 0 Å². The number of rotatable bonds is 5. The molecule has 1 aromatic heterocycles. The van der Waals surface area contributed by atoms with Crippen LogP contribution in [-0.4, -0.2) is 28.2 Å². The number of allylic oxidation sites excluding steroid dienone is 1. The minimum absolute atomic E-state index is 0.0634. The standard InChI is InChI=1S/C31H22ClF5N4O2/c32-27-4-1-21(33)11-25(27)26-13-38-23(15-42)8-17-5-16(19-12-39-41(14-19)24-2-3-24)9-28(29(17)26)40-30(43)18-6-20(31(35,36)37)10-22(34)7-18/h1,4-7,9-12,14,24,26,38H,2-3,8,13H2,(H,40,43). The van der Waals surface area contributed by atoms with E-state index in [0.717, 1.165) is 12.8 Å². The third kappa shape index (κ3) is 5.91. The number of carbonyl (C=O) groups excluding carboxylic acids is 2. The van der Waals surface area contributed by atoms with Gasteiger partial charge in [-0.3, -0.25) is 9.48 Å². The summed E-state index contributed by atoms with van der Waals surface area (Å²) < 4.78 is 70.7. The van der Waals surface area contributed by atoms with Crippen molar-refractivity contribution in [3.8, 4) is 11.1 Å². The van der Waals surface area contributed by atoms with Gasteiger partial charge in [0.15, 0.2) is 0 Å². The Kier molecular flexibility index (Phi) is 7.31. The number of carbonyl (C=O) groups is 1. The SMILES string of the molecule is O=C=C1Cc2cc(-c3cnn(C4CC4)c3)cc(NC(=O)c3cc(F)cc(C(F)(F)F)c3)c2C(c2cc(F)ccc2Cl)CN1. The van der Waals surface area contributed by atoms with E-state index in [9.17, 15) is 31.5 Å². The molecule has 6 nitrogen and oxygen atoms in total. The first-order valence-corrected chi connectivity index (χ1v) is 13.7. The minimum atomic E-state index is -4.88. The lowest BCUT2D eigenvalue weighted by Gasteiger charge is -2.24. The fourth-order valence-electron chi connectivity index (χ4n) is 5.35. The first kappa shape index (κ1) is 28.6. The van der Waals surface area contributed by atoms with Crippen molar-refractivity contribution in [3.63, 3.8) is 0 Å². The molecule has 1 amide bonds.